The van der Waals surface area contributed by atoms with Crippen LogP contribution in [-0.4, -0.2) is 18.0 Å². The minimum Gasteiger partial charge on any atom is -0.308 e. The predicted molar refractivity (Wildman–Crippen MR) is 243 cm³/mol. The number of para-hydroxylation sites is 1. The molecule has 260 valence electrons. The molecule has 0 spiro atoms. The normalized spacial score (nSPS) is 12.7. The zero-order chi connectivity index (χ0) is 37.1. The molecular weight excluding hydrogens is 680 g/mol. The van der Waals surface area contributed by atoms with Gasteiger partial charge in [0.05, 0.1) is 15.7 Å². The first-order valence-electron chi connectivity index (χ1n) is 19.5. The van der Waals surface area contributed by atoms with E-state index < -0.39 is 0 Å². The maximum Gasteiger partial charge on any atom is 0.240 e. The highest BCUT2D eigenvalue weighted by molar-refractivity contribution is 7.27. The van der Waals surface area contributed by atoms with Gasteiger partial charge in [-0.1, -0.05) is 182 Å². The number of hydrogen-bond donors (Lipinski definition) is 0. The minimum atomic E-state index is 0.139. The lowest BCUT2D eigenvalue weighted by Crippen LogP contribution is -2.75. The van der Waals surface area contributed by atoms with Gasteiger partial charge in [0.25, 0.3) is 0 Å². The summed E-state index contributed by atoms with van der Waals surface area (Å²) in [4.78, 5) is 0. The summed E-state index contributed by atoms with van der Waals surface area (Å²) < 4.78 is 5.26. The summed E-state index contributed by atoms with van der Waals surface area (Å²) in [6.45, 7) is 11.8. The van der Waals surface area contributed by atoms with Crippen molar-refractivity contribution in [2.75, 3.05) is 0 Å². The number of aromatic nitrogens is 1. The van der Waals surface area contributed by atoms with E-state index in [0.717, 1.165) is 0 Å². The Hall–Kier alpha value is -5.83. The molecule has 0 aliphatic carbocycles. The molecule has 1 nitrogen and oxygen atoms in total. The average Bonchev–Trinajstić information content (AvgIpc) is 3.75. The van der Waals surface area contributed by atoms with Crippen LogP contribution in [0.15, 0.2) is 146 Å². The summed E-state index contributed by atoms with van der Waals surface area (Å²) in [6, 6.07) is 55.1. The lowest BCUT2D eigenvalue weighted by atomic mass is 9.20. The Labute approximate surface area is 327 Å². The first kappa shape index (κ1) is 32.6. The van der Waals surface area contributed by atoms with Gasteiger partial charge in [0.15, 0.2) is 0 Å². The van der Waals surface area contributed by atoms with E-state index in [4.69, 9.17) is 0 Å². The lowest BCUT2D eigenvalue weighted by molar-refractivity contribution is 1.17. The van der Waals surface area contributed by atoms with Crippen molar-refractivity contribution in [2.24, 2.45) is 0 Å². The fraction of sp³-hybridized carbons (Fsp3) is 0.0980. The Balaban J connectivity index is 1.18. The summed E-state index contributed by atoms with van der Waals surface area (Å²) in [5.74, 6) is 0. The molecule has 11 rings (SSSR count). The van der Waals surface area contributed by atoms with Crippen LogP contribution in [0.2, 0.25) is 0 Å². The van der Waals surface area contributed by atoms with E-state index in [1.165, 1.54) is 119 Å². The van der Waals surface area contributed by atoms with Gasteiger partial charge in [-0.2, -0.15) is 0 Å². The summed E-state index contributed by atoms with van der Waals surface area (Å²) in [7, 11) is 0. The fourth-order valence-corrected chi connectivity index (χ4v) is 11.9. The fourth-order valence-electron chi connectivity index (χ4n) is 10.6. The molecular formula is C51H39B2NS. The van der Waals surface area contributed by atoms with Crippen LogP contribution < -0.4 is 32.8 Å². The molecule has 8 aromatic carbocycles. The van der Waals surface area contributed by atoms with Crippen LogP contribution in [0.25, 0.3) is 58.4 Å². The van der Waals surface area contributed by atoms with Crippen molar-refractivity contribution in [1.29, 1.82) is 0 Å². The van der Waals surface area contributed by atoms with Gasteiger partial charge in [0.2, 0.25) is 13.4 Å². The second-order valence-corrected chi connectivity index (χ2v) is 16.9. The molecule has 0 atom stereocenters. The molecule has 2 aromatic heterocycles. The molecule has 0 radical (unpaired) electrons. The maximum atomic E-state index is 2.57. The van der Waals surface area contributed by atoms with Crippen LogP contribution in [-0.2, 0) is 0 Å². The van der Waals surface area contributed by atoms with E-state index in [1.807, 2.05) is 11.3 Å². The molecule has 10 aromatic rings. The van der Waals surface area contributed by atoms with E-state index >= 15 is 0 Å². The van der Waals surface area contributed by atoms with E-state index in [1.54, 1.807) is 0 Å². The van der Waals surface area contributed by atoms with Crippen molar-refractivity contribution in [3.63, 3.8) is 0 Å². The van der Waals surface area contributed by atoms with Crippen LogP contribution in [0.4, 0.5) is 0 Å². The van der Waals surface area contributed by atoms with E-state index in [2.05, 4.69) is 185 Å². The highest BCUT2D eigenvalue weighted by Gasteiger charge is 2.40. The maximum absolute atomic E-state index is 2.57. The Morgan fingerprint density at radius 3 is 1.44 bits per heavy atom. The van der Waals surface area contributed by atoms with Gasteiger partial charge in [-0.15, -0.1) is 11.3 Å². The third-order valence-electron chi connectivity index (χ3n) is 12.5. The highest BCUT2D eigenvalue weighted by atomic mass is 32.1. The van der Waals surface area contributed by atoms with Gasteiger partial charge in [-0.05, 0) is 69.7 Å². The summed E-state index contributed by atoms with van der Waals surface area (Å²) in [5.41, 5.74) is 19.0. The molecule has 0 unspecified atom stereocenters. The number of fused-ring (bicyclic) bond motifs is 12. The smallest absolute Gasteiger partial charge is 0.240 e. The van der Waals surface area contributed by atoms with Crippen molar-refractivity contribution >= 4 is 110 Å². The molecule has 4 heteroatoms. The summed E-state index contributed by atoms with van der Waals surface area (Å²) in [5, 5.41) is 7.99. The molecule has 0 bridgehead atoms. The number of rotatable bonds is 3. The Morgan fingerprint density at radius 2 is 0.873 bits per heavy atom. The molecule has 55 heavy (non-hydrogen) atoms. The van der Waals surface area contributed by atoms with Gasteiger partial charge in [0.1, 0.15) is 0 Å². The van der Waals surface area contributed by atoms with Gasteiger partial charge in [0, 0.05) is 31.9 Å². The minimum absolute atomic E-state index is 0.139. The van der Waals surface area contributed by atoms with Gasteiger partial charge >= 0.3 is 0 Å². The van der Waals surface area contributed by atoms with Gasteiger partial charge < -0.3 is 4.57 Å². The van der Waals surface area contributed by atoms with Crippen molar-refractivity contribution in [3.8, 4) is 5.69 Å². The van der Waals surface area contributed by atoms with Crippen LogP contribution in [0.3, 0.4) is 0 Å². The molecule has 1 aliphatic heterocycles. The number of hydrogen-bond acceptors (Lipinski definition) is 1. The van der Waals surface area contributed by atoms with Crippen molar-refractivity contribution in [3.05, 3.63) is 173 Å². The third-order valence-corrected chi connectivity index (χ3v) is 13.7. The topological polar surface area (TPSA) is 4.93 Å². The summed E-state index contributed by atoms with van der Waals surface area (Å²) >= 11 is 1.93. The van der Waals surface area contributed by atoms with E-state index in [9.17, 15) is 0 Å². The second kappa shape index (κ2) is 12.1. The van der Waals surface area contributed by atoms with Crippen LogP contribution in [0.1, 0.15) is 27.8 Å². The Bertz CT molecular complexity index is 3140. The van der Waals surface area contributed by atoms with Crippen molar-refractivity contribution in [1.82, 2.24) is 4.57 Å². The molecule has 0 amide bonds. The highest BCUT2D eigenvalue weighted by Crippen LogP contribution is 2.47. The SMILES string of the molecule is Cc1cc(C)c(B2c3ccccc3B(c3c(C)cc(-n4c5ccccc5c5c6ccccc6c6c7ccccc7sc6c54)cc3C)c3ccccc32)c(C)c1. The third kappa shape index (κ3) is 4.61. The molecule has 0 fully saturated rings. The number of thiophene rings is 1. The molecule has 3 heterocycles. The van der Waals surface area contributed by atoms with Crippen LogP contribution in [0.5, 0.6) is 0 Å². The summed E-state index contributed by atoms with van der Waals surface area (Å²) in [6.07, 6.45) is 0. The zero-order valence-corrected chi connectivity index (χ0v) is 32.7. The Kier molecular flexibility index (Phi) is 7.16. The molecule has 0 saturated heterocycles. The number of benzene rings is 8. The molecule has 0 saturated carbocycles. The largest absolute Gasteiger partial charge is 0.308 e. The quantitative estimate of drug-likeness (QED) is 0.161. The lowest BCUT2D eigenvalue weighted by Gasteiger charge is -2.34. The van der Waals surface area contributed by atoms with Gasteiger partial charge in [-0.25, -0.2) is 0 Å². The van der Waals surface area contributed by atoms with E-state index in [0.29, 0.717) is 0 Å². The predicted octanol–water partition coefficient (Wildman–Crippen LogP) is 9.19. The standard InChI is InChI=1S/C51H39B2NS/c1-30-26-31(2)48(32(3)27-30)52-40-20-10-12-22-42(40)53(43-23-13-11-21-41(43)52)49-33(4)28-35(29-34(49)5)54-44-24-14-8-18-38(44)46-36-16-6-7-17-37(36)47-39-19-9-15-25-45(39)55-51(47)50(46)54/h6-29H,1-5H3. The first-order chi connectivity index (χ1) is 26.9. The number of aryl methyl sites for hydroxylation is 5. The molecule has 0 N–H and O–H groups in total. The van der Waals surface area contributed by atoms with Crippen molar-refractivity contribution in [2.45, 2.75) is 34.6 Å². The van der Waals surface area contributed by atoms with Crippen LogP contribution in [0, 0.1) is 34.6 Å². The average molecular weight is 720 g/mol. The van der Waals surface area contributed by atoms with Crippen molar-refractivity contribution < 1.29 is 0 Å². The first-order valence-corrected chi connectivity index (χ1v) is 20.3. The Morgan fingerprint density at radius 1 is 0.436 bits per heavy atom. The van der Waals surface area contributed by atoms with Gasteiger partial charge in [-0.3, -0.25) is 0 Å². The monoisotopic (exact) mass is 719 g/mol. The van der Waals surface area contributed by atoms with E-state index in [-0.39, 0.29) is 13.4 Å². The van der Waals surface area contributed by atoms with Crippen LogP contribution >= 0.6 is 11.3 Å². The molecule has 1 aliphatic rings. The second-order valence-electron chi connectivity index (χ2n) is 15.9. The zero-order valence-electron chi connectivity index (χ0n) is 31.9. The number of nitrogens with zero attached hydrogens (tertiary/aromatic N) is 1.